The SMILES string of the molecule is O=C(NCCO)Nc1ccc(OCc2ccccc2Cl)cc1. The molecule has 6 heteroatoms. The molecule has 2 aromatic rings. The summed E-state index contributed by atoms with van der Waals surface area (Å²) in [6.07, 6.45) is 0. The van der Waals surface area contributed by atoms with Crippen LogP contribution in [0.3, 0.4) is 0 Å². The van der Waals surface area contributed by atoms with Crippen molar-refractivity contribution >= 4 is 23.3 Å². The third-order valence-corrected chi connectivity index (χ3v) is 3.23. The molecule has 116 valence electrons. The molecule has 0 aliphatic carbocycles. The molecule has 5 nitrogen and oxygen atoms in total. The van der Waals surface area contributed by atoms with Gasteiger partial charge in [-0.2, -0.15) is 0 Å². The van der Waals surface area contributed by atoms with Gasteiger partial charge in [-0.15, -0.1) is 0 Å². The van der Waals surface area contributed by atoms with Gasteiger partial charge in [0, 0.05) is 22.8 Å². The Morgan fingerprint density at radius 1 is 1.14 bits per heavy atom. The van der Waals surface area contributed by atoms with Gasteiger partial charge in [-0.05, 0) is 30.3 Å². The quantitative estimate of drug-likeness (QED) is 0.766. The second-order valence-corrected chi connectivity index (χ2v) is 4.92. The van der Waals surface area contributed by atoms with Crippen molar-refractivity contribution in [3.8, 4) is 5.75 Å². The molecule has 0 heterocycles. The summed E-state index contributed by atoms with van der Waals surface area (Å²) in [5.41, 5.74) is 1.55. The Morgan fingerprint density at radius 3 is 2.55 bits per heavy atom. The Morgan fingerprint density at radius 2 is 1.86 bits per heavy atom. The molecule has 22 heavy (non-hydrogen) atoms. The van der Waals surface area contributed by atoms with Gasteiger partial charge in [0.15, 0.2) is 0 Å². The highest BCUT2D eigenvalue weighted by molar-refractivity contribution is 6.31. The number of anilines is 1. The first-order valence-corrected chi connectivity index (χ1v) is 7.19. The van der Waals surface area contributed by atoms with Crippen LogP contribution in [0.1, 0.15) is 5.56 Å². The van der Waals surface area contributed by atoms with Gasteiger partial charge >= 0.3 is 6.03 Å². The predicted molar refractivity (Wildman–Crippen MR) is 86.3 cm³/mol. The molecule has 0 atom stereocenters. The van der Waals surface area contributed by atoms with Crippen molar-refractivity contribution in [2.24, 2.45) is 0 Å². The maximum atomic E-state index is 11.4. The molecule has 0 saturated carbocycles. The van der Waals surface area contributed by atoms with E-state index >= 15 is 0 Å². The predicted octanol–water partition coefficient (Wildman–Crippen LogP) is 3.03. The van der Waals surface area contributed by atoms with Gasteiger partial charge in [-0.3, -0.25) is 0 Å². The second-order valence-electron chi connectivity index (χ2n) is 4.51. The van der Waals surface area contributed by atoms with E-state index in [1.807, 2.05) is 24.3 Å². The topological polar surface area (TPSA) is 70.6 Å². The van der Waals surface area contributed by atoms with E-state index in [1.165, 1.54) is 0 Å². The Bertz CT molecular complexity index is 617. The Kier molecular flexibility index (Phi) is 6.06. The van der Waals surface area contributed by atoms with Crippen molar-refractivity contribution in [1.82, 2.24) is 5.32 Å². The highest BCUT2D eigenvalue weighted by atomic mass is 35.5. The molecule has 2 aromatic carbocycles. The zero-order valence-electron chi connectivity index (χ0n) is 11.9. The zero-order valence-corrected chi connectivity index (χ0v) is 12.6. The molecule has 0 aliphatic rings. The van der Waals surface area contributed by atoms with Gasteiger partial charge in [0.2, 0.25) is 0 Å². The average Bonchev–Trinajstić information content (AvgIpc) is 2.53. The smallest absolute Gasteiger partial charge is 0.319 e. The molecule has 0 fully saturated rings. The summed E-state index contributed by atoms with van der Waals surface area (Å²) in [5, 5.41) is 14.4. The standard InChI is InChI=1S/C16H17ClN2O3/c17-15-4-2-1-3-12(15)11-22-14-7-5-13(6-8-14)19-16(21)18-9-10-20/h1-8,20H,9-11H2,(H2,18,19,21). The molecule has 0 spiro atoms. The summed E-state index contributed by atoms with van der Waals surface area (Å²) in [6, 6.07) is 14.1. The van der Waals surface area contributed by atoms with Crippen LogP contribution in [-0.4, -0.2) is 24.3 Å². The lowest BCUT2D eigenvalue weighted by molar-refractivity contribution is 0.245. The Labute approximate surface area is 133 Å². The number of ether oxygens (including phenoxy) is 1. The lowest BCUT2D eigenvalue weighted by Gasteiger charge is -2.09. The fourth-order valence-corrected chi connectivity index (χ4v) is 1.95. The number of rotatable bonds is 6. The van der Waals surface area contributed by atoms with E-state index in [9.17, 15) is 4.79 Å². The van der Waals surface area contributed by atoms with Crippen LogP contribution >= 0.6 is 11.6 Å². The van der Waals surface area contributed by atoms with Gasteiger partial charge in [-0.25, -0.2) is 4.79 Å². The van der Waals surface area contributed by atoms with Crippen LogP contribution in [0.25, 0.3) is 0 Å². The normalized spacial score (nSPS) is 10.1. The monoisotopic (exact) mass is 320 g/mol. The molecule has 2 rings (SSSR count). The minimum atomic E-state index is -0.362. The molecule has 0 saturated heterocycles. The van der Waals surface area contributed by atoms with E-state index in [-0.39, 0.29) is 19.2 Å². The lowest BCUT2D eigenvalue weighted by atomic mass is 10.2. The summed E-state index contributed by atoms with van der Waals surface area (Å²) in [4.78, 5) is 11.4. The fraction of sp³-hybridized carbons (Fsp3) is 0.188. The Hall–Kier alpha value is -2.24. The van der Waals surface area contributed by atoms with Crippen molar-refractivity contribution in [1.29, 1.82) is 0 Å². The number of aliphatic hydroxyl groups excluding tert-OH is 1. The van der Waals surface area contributed by atoms with Crippen molar-refractivity contribution in [2.75, 3.05) is 18.5 Å². The van der Waals surface area contributed by atoms with Gasteiger partial charge in [0.25, 0.3) is 0 Å². The van der Waals surface area contributed by atoms with Crippen molar-refractivity contribution in [2.45, 2.75) is 6.61 Å². The van der Waals surface area contributed by atoms with E-state index in [0.29, 0.717) is 23.1 Å². The van der Waals surface area contributed by atoms with E-state index in [1.54, 1.807) is 24.3 Å². The first kappa shape index (κ1) is 16.1. The summed E-state index contributed by atoms with van der Waals surface area (Å²) in [6.45, 7) is 0.497. The van der Waals surface area contributed by atoms with Crippen LogP contribution in [0.4, 0.5) is 10.5 Å². The van der Waals surface area contributed by atoms with Crippen LogP contribution in [0.2, 0.25) is 5.02 Å². The molecular weight excluding hydrogens is 304 g/mol. The first-order valence-electron chi connectivity index (χ1n) is 6.81. The molecule has 0 unspecified atom stereocenters. The molecule has 2 amide bonds. The van der Waals surface area contributed by atoms with Gasteiger partial charge in [0.1, 0.15) is 12.4 Å². The number of carbonyl (C=O) groups excluding carboxylic acids is 1. The third kappa shape index (κ3) is 4.95. The average molecular weight is 321 g/mol. The van der Waals surface area contributed by atoms with Crippen LogP contribution in [0, 0.1) is 0 Å². The summed E-state index contributed by atoms with van der Waals surface area (Å²) in [5.74, 6) is 0.682. The Balaban J connectivity index is 1.87. The van der Waals surface area contributed by atoms with Gasteiger partial charge in [-0.1, -0.05) is 29.8 Å². The van der Waals surface area contributed by atoms with E-state index < -0.39 is 0 Å². The summed E-state index contributed by atoms with van der Waals surface area (Å²) >= 11 is 6.06. The third-order valence-electron chi connectivity index (χ3n) is 2.86. The van der Waals surface area contributed by atoms with Gasteiger partial charge < -0.3 is 20.5 Å². The van der Waals surface area contributed by atoms with E-state index in [0.717, 1.165) is 5.56 Å². The maximum absolute atomic E-state index is 11.4. The number of benzene rings is 2. The highest BCUT2D eigenvalue weighted by Crippen LogP contribution is 2.20. The van der Waals surface area contributed by atoms with Crippen molar-refractivity contribution in [3.63, 3.8) is 0 Å². The number of halogens is 1. The molecule has 0 aliphatic heterocycles. The molecule has 0 radical (unpaired) electrons. The number of hydrogen-bond acceptors (Lipinski definition) is 3. The number of aliphatic hydroxyl groups is 1. The number of amides is 2. The van der Waals surface area contributed by atoms with E-state index in [2.05, 4.69) is 10.6 Å². The minimum Gasteiger partial charge on any atom is -0.489 e. The second kappa shape index (κ2) is 8.26. The van der Waals surface area contributed by atoms with Crippen molar-refractivity contribution in [3.05, 3.63) is 59.1 Å². The van der Waals surface area contributed by atoms with Crippen LogP contribution in [0.5, 0.6) is 5.75 Å². The highest BCUT2D eigenvalue weighted by Gasteiger charge is 2.03. The number of carbonyl (C=O) groups is 1. The minimum absolute atomic E-state index is 0.0950. The van der Waals surface area contributed by atoms with Crippen LogP contribution in [0.15, 0.2) is 48.5 Å². The summed E-state index contributed by atoms with van der Waals surface area (Å²) in [7, 11) is 0. The van der Waals surface area contributed by atoms with Crippen molar-refractivity contribution < 1.29 is 14.6 Å². The maximum Gasteiger partial charge on any atom is 0.319 e. The van der Waals surface area contributed by atoms with E-state index in [4.69, 9.17) is 21.4 Å². The van der Waals surface area contributed by atoms with Gasteiger partial charge in [0.05, 0.1) is 6.61 Å². The van der Waals surface area contributed by atoms with Crippen LogP contribution in [-0.2, 0) is 6.61 Å². The number of nitrogens with one attached hydrogen (secondary N) is 2. The largest absolute Gasteiger partial charge is 0.489 e. The number of hydrogen-bond donors (Lipinski definition) is 3. The molecule has 0 bridgehead atoms. The lowest BCUT2D eigenvalue weighted by Crippen LogP contribution is -2.30. The number of urea groups is 1. The first-order chi connectivity index (χ1) is 10.7. The summed E-state index contributed by atoms with van der Waals surface area (Å²) < 4.78 is 5.65. The zero-order chi connectivity index (χ0) is 15.8. The fourth-order valence-electron chi connectivity index (χ4n) is 1.76. The van der Waals surface area contributed by atoms with Crippen LogP contribution < -0.4 is 15.4 Å². The molecular formula is C16H17ClN2O3. The molecule has 3 N–H and O–H groups in total. The molecule has 0 aromatic heterocycles.